The minimum absolute atomic E-state index is 0.0328. The summed E-state index contributed by atoms with van der Waals surface area (Å²) in [6, 6.07) is 11.6. The summed E-state index contributed by atoms with van der Waals surface area (Å²) in [5.74, 6) is 2.20. The van der Waals surface area contributed by atoms with Crippen LogP contribution in [0.4, 0.5) is 0 Å². The van der Waals surface area contributed by atoms with Gasteiger partial charge in [-0.2, -0.15) is 0 Å². The van der Waals surface area contributed by atoms with Crippen LogP contribution in [0.25, 0.3) is 18.2 Å². The number of likely N-dealkylation sites (tertiary alicyclic amines) is 1. The number of carbonyl (C=O) groups is 1. The van der Waals surface area contributed by atoms with E-state index in [2.05, 4.69) is 0 Å². The monoisotopic (exact) mass is 393 g/mol. The summed E-state index contributed by atoms with van der Waals surface area (Å²) in [5.41, 5.74) is 2.78. The van der Waals surface area contributed by atoms with Crippen LogP contribution in [0.15, 0.2) is 42.5 Å². The minimum atomic E-state index is 0.0328. The normalized spacial score (nSPS) is 14.0. The average molecular weight is 393 g/mol. The number of rotatable bonds is 7. The van der Waals surface area contributed by atoms with Crippen molar-refractivity contribution in [3.63, 3.8) is 0 Å². The molecule has 1 heterocycles. The van der Waals surface area contributed by atoms with E-state index in [1.54, 1.807) is 27.4 Å². The first-order chi connectivity index (χ1) is 14.1. The molecule has 2 aromatic rings. The van der Waals surface area contributed by atoms with Gasteiger partial charge in [0.25, 0.3) is 0 Å². The smallest absolute Gasteiger partial charge is 0.246 e. The molecule has 0 bridgehead atoms. The molecule has 1 saturated heterocycles. The molecule has 5 nitrogen and oxygen atoms in total. The van der Waals surface area contributed by atoms with Crippen LogP contribution in [-0.2, 0) is 4.79 Å². The topological polar surface area (TPSA) is 48.0 Å². The summed E-state index contributed by atoms with van der Waals surface area (Å²) in [5, 5.41) is 0. The molecule has 0 atom stereocenters. The van der Waals surface area contributed by atoms with Gasteiger partial charge in [-0.25, -0.2) is 0 Å². The van der Waals surface area contributed by atoms with Crippen molar-refractivity contribution < 1.29 is 19.0 Å². The second-order valence-electron chi connectivity index (χ2n) is 6.80. The molecule has 0 radical (unpaired) electrons. The SMILES string of the molecule is COc1ccc(/C=C/c2cc(OC)cc(OC)c2/C=C/C(=O)N2CCCC2)cc1. The highest BCUT2D eigenvalue weighted by Crippen LogP contribution is 2.31. The van der Waals surface area contributed by atoms with Crippen LogP contribution in [0, 0.1) is 0 Å². The highest BCUT2D eigenvalue weighted by atomic mass is 16.5. The van der Waals surface area contributed by atoms with Crippen molar-refractivity contribution in [3.05, 3.63) is 59.2 Å². The lowest BCUT2D eigenvalue weighted by Crippen LogP contribution is -2.25. The summed E-state index contributed by atoms with van der Waals surface area (Å²) in [7, 11) is 4.89. The van der Waals surface area contributed by atoms with Crippen LogP contribution in [0.2, 0.25) is 0 Å². The standard InChI is InChI=1S/C24H27NO4/c1-27-20-10-7-18(8-11-20)6-9-19-16-21(28-2)17-23(29-3)22(19)12-13-24(26)25-14-4-5-15-25/h6-13,16-17H,4-5,14-15H2,1-3H3/b9-6+,13-12+. The van der Waals surface area contributed by atoms with Crippen molar-refractivity contribution in [1.82, 2.24) is 4.90 Å². The van der Waals surface area contributed by atoms with Gasteiger partial charge in [-0.15, -0.1) is 0 Å². The van der Waals surface area contributed by atoms with E-state index >= 15 is 0 Å². The molecule has 1 fully saturated rings. The van der Waals surface area contributed by atoms with Gasteiger partial charge in [0.1, 0.15) is 17.2 Å². The Kier molecular flexibility index (Phi) is 6.95. The fraction of sp³-hybridized carbons (Fsp3) is 0.292. The van der Waals surface area contributed by atoms with Crippen molar-refractivity contribution in [2.45, 2.75) is 12.8 Å². The van der Waals surface area contributed by atoms with E-state index in [1.807, 2.05) is 59.5 Å². The van der Waals surface area contributed by atoms with E-state index in [4.69, 9.17) is 14.2 Å². The molecule has 0 spiro atoms. The summed E-state index contributed by atoms with van der Waals surface area (Å²) in [6.45, 7) is 1.65. The fourth-order valence-electron chi connectivity index (χ4n) is 3.32. The maximum absolute atomic E-state index is 12.4. The van der Waals surface area contributed by atoms with Gasteiger partial charge < -0.3 is 19.1 Å². The first-order valence-electron chi connectivity index (χ1n) is 9.69. The third-order valence-corrected chi connectivity index (χ3v) is 4.98. The fourth-order valence-corrected chi connectivity index (χ4v) is 3.32. The van der Waals surface area contributed by atoms with Crippen LogP contribution in [0.3, 0.4) is 0 Å². The lowest BCUT2D eigenvalue weighted by Gasteiger charge is -2.14. The van der Waals surface area contributed by atoms with Crippen LogP contribution in [0.1, 0.15) is 29.5 Å². The van der Waals surface area contributed by atoms with Gasteiger partial charge in [0, 0.05) is 30.8 Å². The molecule has 29 heavy (non-hydrogen) atoms. The van der Waals surface area contributed by atoms with Crippen molar-refractivity contribution in [2.24, 2.45) is 0 Å². The third kappa shape index (κ3) is 5.19. The Balaban J connectivity index is 1.92. The molecule has 2 aromatic carbocycles. The van der Waals surface area contributed by atoms with Crippen LogP contribution in [-0.4, -0.2) is 45.2 Å². The number of nitrogens with zero attached hydrogens (tertiary/aromatic N) is 1. The Hall–Kier alpha value is -3.21. The Morgan fingerprint density at radius 1 is 0.862 bits per heavy atom. The third-order valence-electron chi connectivity index (χ3n) is 4.98. The van der Waals surface area contributed by atoms with Crippen molar-refractivity contribution in [1.29, 1.82) is 0 Å². The largest absolute Gasteiger partial charge is 0.497 e. The number of benzene rings is 2. The van der Waals surface area contributed by atoms with E-state index in [0.29, 0.717) is 11.5 Å². The average Bonchev–Trinajstić information content (AvgIpc) is 3.31. The summed E-state index contributed by atoms with van der Waals surface area (Å²) in [4.78, 5) is 14.3. The summed E-state index contributed by atoms with van der Waals surface area (Å²) >= 11 is 0. The van der Waals surface area contributed by atoms with Crippen LogP contribution < -0.4 is 14.2 Å². The Bertz CT molecular complexity index is 894. The highest BCUT2D eigenvalue weighted by Gasteiger charge is 2.16. The van der Waals surface area contributed by atoms with Gasteiger partial charge >= 0.3 is 0 Å². The molecular weight excluding hydrogens is 366 g/mol. The molecule has 1 aliphatic heterocycles. The van der Waals surface area contributed by atoms with Gasteiger partial charge in [0.15, 0.2) is 0 Å². The zero-order valence-corrected chi connectivity index (χ0v) is 17.2. The van der Waals surface area contributed by atoms with E-state index in [-0.39, 0.29) is 5.91 Å². The molecule has 152 valence electrons. The maximum Gasteiger partial charge on any atom is 0.246 e. The number of carbonyl (C=O) groups excluding carboxylic acids is 1. The summed E-state index contributed by atoms with van der Waals surface area (Å²) < 4.78 is 16.2. The first kappa shape index (κ1) is 20.5. The van der Waals surface area contributed by atoms with Crippen molar-refractivity contribution in [3.8, 4) is 17.2 Å². The molecule has 0 aromatic heterocycles. The highest BCUT2D eigenvalue weighted by molar-refractivity contribution is 5.93. The number of hydrogen-bond donors (Lipinski definition) is 0. The zero-order chi connectivity index (χ0) is 20.6. The van der Waals surface area contributed by atoms with E-state index < -0.39 is 0 Å². The predicted molar refractivity (Wildman–Crippen MR) is 116 cm³/mol. The molecule has 0 saturated carbocycles. The van der Waals surface area contributed by atoms with Crippen molar-refractivity contribution >= 4 is 24.1 Å². The van der Waals surface area contributed by atoms with Gasteiger partial charge in [0.05, 0.1) is 21.3 Å². The van der Waals surface area contributed by atoms with E-state index in [9.17, 15) is 4.79 Å². The number of ether oxygens (including phenoxy) is 3. The Morgan fingerprint density at radius 3 is 2.17 bits per heavy atom. The maximum atomic E-state index is 12.4. The number of methoxy groups -OCH3 is 3. The Labute approximate surface area is 172 Å². The molecule has 1 aliphatic rings. The van der Waals surface area contributed by atoms with Crippen molar-refractivity contribution in [2.75, 3.05) is 34.4 Å². The first-order valence-corrected chi connectivity index (χ1v) is 9.69. The Morgan fingerprint density at radius 2 is 1.55 bits per heavy atom. The van der Waals surface area contributed by atoms with Crippen LogP contribution >= 0.6 is 0 Å². The van der Waals surface area contributed by atoms with Crippen LogP contribution in [0.5, 0.6) is 17.2 Å². The molecule has 0 aliphatic carbocycles. The molecular formula is C24H27NO4. The molecule has 0 N–H and O–H groups in total. The van der Waals surface area contributed by atoms with E-state index in [1.165, 1.54) is 0 Å². The minimum Gasteiger partial charge on any atom is -0.497 e. The van der Waals surface area contributed by atoms with Gasteiger partial charge in [-0.3, -0.25) is 4.79 Å². The molecule has 5 heteroatoms. The quantitative estimate of drug-likeness (QED) is 0.513. The number of amides is 1. The van der Waals surface area contributed by atoms with Gasteiger partial charge in [0.2, 0.25) is 5.91 Å². The zero-order valence-electron chi connectivity index (χ0n) is 17.2. The summed E-state index contributed by atoms with van der Waals surface area (Å²) in [6.07, 6.45) is 9.59. The number of hydrogen-bond acceptors (Lipinski definition) is 4. The van der Waals surface area contributed by atoms with Gasteiger partial charge in [-0.1, -0.05) is 24.3 Å². The van der Waals surface area contributed by atoms with E-state index in [0.717, 1.165) is 48.4 Å². The lowest BCUT2D eigenvalue weighted by molar-refractivity contribution is -0.124. The predicted octanol–water partition coefficient (Wildman–Crippen LogP) is 4.52. The van der Waals surface area contributed by atoms with Gasteiger partial charge in [-0.05, 0) is 48.2 Å². The lowest BCUT2D eigenvalue weighted by atomic mass is 10.0. The molecule has 0 unspecified atom stereocenters. The second-order valence-corrected chi connectivity index (χ2v) is 6.80. The molecule has 1 amide bonds. The second kappa shape index (κ2) is 9.82. The molecule has 3 rings (SSSR count).